The molecule has 0 radical (unpaired) electrons. The molecule has 1 fully saturated rings. The Bertz CT molecular complexity index is 1930. The van der Waals surface area contributed by atoms with Crippen molar-refractivity contribution in [3.05, 3.63) is 91.0 Å². The number of fused-ring (bicyclic) bond motifs is 2. The van der Waals surface area contributed by atoms with E-state index in [2.05, 4.69) is 16.0 Å². The summed E-state index contributed by atoms with van der Waals surface area (Å²) in [7, 11) is 1.27. The van der Waals surface area contributed by atoms with Crippen molar-refractivity contribution >= 4 is 35.3 Å². The average molecular weight is 716 g/mol. The lowest BCUT2D eigenvalue weighted by atomic mass is 9.98. The molecule has 7 rings (SSSR count). The fourth-order valence-electron chi connectivity index (χ4n) is 5.83. The third-order valence-electron chi connectivity index (χ3n) is 8.22. The summed E-state index contributed by atoms with van der Waals surface area (Å²) in [5, 5.41) is 18.2. The monoisotopic (exact) mass is 715 g/mol. The molecule has 4 N–H and O–H groups in total. The number of amides is 3. The van der Waals surface area contributed by atoms with E-state index in [1.54, 1.807) is 36.4 Å². The molecule has 5 atom stereocenters. The number of carbonyl (C=O) groups excluding carboxylic acids is 3. The van der Waals surface area contributed by atoms with Gasteiger partial charge in [0.05, 0.1) is 12.3 Å². The van der Waals surface area contributed by atoms with E-state index in [4.69, 9.17) is 42.6 Å². The summed E-state index contributed by atoms with van der Waals surface area (Å²) in [5.41, 5.74) is 2.54. The number of methoxy groups -OCH3 is 1. The topological polar surface area (TPSA) is 191 Å². The van der Waals surface area contributed by atoms with E-state index in [1.165, 1.54) is 19.2 Å². The number of para-hydroxylation sites is 1. The zero-order valence-electron chi connectivity index (χ0n) is 27.5. The van der Waals surface area contributed by atoms with Gasteiger partial charge >= 0.3 is 18.3 Å². The predicted molar refractivity (Wildman–Crippen MR) is 181 cm³/mol. The van der Waals surface area contributed by atoms with Gasteiger partial charge in [0.1, 0.15) is 6.10 Å². The maximum atomic E-state index is 13.5. The lowest BCUT2D eigenvalue weighted by molar-refractivity contribution is -0.290. The van der Waals surface area contributed by atoms with Crippen molar-refractivity contribution in [2.45, 2.75) is 30.7 Å². The Morgan fingerprint density at radius 3 is 1.81 bits per heavy atom. The van der Waals surface area contributed by atoms with E-state index in [-0.39, 0.29) is 19.3 Å². The van der Waals surface area contributed by atoms with E-state index in [1.807, 2.05) is 42.5 Å². The fraction of sp³-hybridized carbons (Fsp3) is 0.250. The van der Waals surface area contributed by atoms with Gasteiger partial charge in [0.25, 0.3) is 0 Å². The second kappa shape index (κ2) is 15.3. The van der Waals surface area contributed by atoms with Crippen LogP contribution in [0.3, 0.4) is 0 Å². The van der Waals surface area contributed by atoms with Crippen molar-refractivity contribution in [1.29, 1.82) is 0 Å². The molecule has 3 heterocycles. The second-order valence-electron chi connectivity index (χ2n) is 11.5. The maximum Gasteiger partial charge on any atom is 0.412 e. The minimum Gasteiger partial charge on any atom is -0.454 e. The predicted octanol–water partition coefficient (Wildman–Crippen LogP) is 5.33. The van der Waals surface area contributed by atoms with Gasteiger partial charge in [-0.2, -0.15) is 0 Å². The molecular formula is C36H33N3O13. The van der Waals surface area contributed by atoms with Gasteiger partial charge in [-0.05, 0) is 35.9 Å². The van der Waals surface area contributed by atoms with Crippen molar-refractivity contribution in [3.8, 4) is 34.1 Å². The highest BCUT2D eigenvalue weighted by Gasteiger charge is 2.53. The third kappa shape index (κ3) is 7.58. The van der Waals surface area contributed by atoms with Crippen molar-refractivity contribution < 1.29 is 62.1 Å². The normalized spacial score (nSPS) is 21.1. The SMILES string of the molecule is CO[C@H]1O[C@H](CO)[C@@H](OC(=O)Nc2ccccc2-c2ccccc2)[C@H](OC(=O)Nc2ccc3c(c2)OCO3)[C@@H]1OC(=O)Nc1ccc2c(c1)OCO2. The summed E-state index contributed by atoms with van der Waals surface area (Å²) >= 11 is 0. The molecule has 3 amide bonds. The summed E-state index contributed by atoms with van der Waals surface area (Å²) < 4.78 is 50.1. The van der Waals surface area contributed by atoms with Crippen LogP contribution in [-0.4, -0.2) is 81.4 Å². The third-order valence-corrected chi connectivity index (χ3v) is 8.22. The van der Waals surface area contributed by atoms with Crippen LogP contribution in [0.1, 0.15) is 0 Å². The minimum absolute atomic E-state index is 0.0243. The van der Waals surface area contributed by atoms with Gasteiger partial charge in [0.15, 0.2) is 47.6 Å². The van der Waals surface area contributed by atoms with Crippen LogP contribution in [0.5, 0.6) is 23.0 Å². The number of anilines is 3. The van der Waals surface area contributed by atoms with E-state index < -0.39 is 55.6 Å². The first-order valence-corrected chi connectivity index (χ1v) is 16.0. The maximum absolute atomic E-state index is 13.5. The molecule has 270 valence electrons. The van der Waals surface area contributed by atoms with Crippen LogP contribution in [0.25, 0.3) is 11.1 Å². The van der Waals surface area contributed by atoms with Crippen LogP contribution in [0.2, 0.25) is 0 Å². The van der Waals surface area contributed by atoms with Gasteiger partial charge in [-0.3, -0.25) is 16.0 Å². The van der Waals surface area contributed by atoms with Gasteiger partial charge in [-0.25, -0.2) is 14.4 Å². The van der Waals surface area contributed by atoms with Crippen LogP contribution >= 0.6 is 0 Å². The van der Waals surface area contributed by atoms with Crippen LogP contribution in [-0.2, 0) is 23.7 Å². The summed E-state index contributed by atoms with van der Waals surface area (Å²) in [6.45, 7) is -0.640. The molecule has 4 aromatic rings. The summed E-state index contributed by atoms with van der Waals surface area (Å²) in [4.78, 5) is 40.3. The molecule has 0 bridgehead atoms. The first kappa shape index (κ1) is 34.2. The van der Waals surface area contributed by atoms with Crippen molar-refractivity contribution in [3.63, 3.8) is 0 Å². The number of hydrogen-bond donors (Lipinski definition) is 4. The molecule has 52 heavy (non-hydrogen) atoms. The van der Waals surface area contributed by atoms with E-state index in [0.29, 0.717) is 39.9 Å². The van der Waals surface area contributed by atoms with Crippen LogP contribution < -0.4 is 34.9 Å². The molecular weight excluding hydrogens is 682 g/mol. The number of nitrogens with one attached hydrogen (secondary N) is 3. The van der Waals surface area contributed by atoms with E-state index >= 15 is 0 Å². The summed E-state index contributed by atoms with van der Waals surface area (Å²) in [5.74, 6) is 1.81. The Labute approximate surface area is 296 Å². The number of aliphatic hydroxyl groups is 1. The molecule has 0 aromatic heterocycles. The molecule has 0 saturated carbocycles. The summed E-state index contributed by atoms with van der Waals surface area (Å²) in [6.07, 6.45) is -10.3. The molecule has 0 unspecified atom stereocenters. The lowest BCUT2D eigenvalue weighted by Crippen LogP contribution is -2.63. The smallest absolute Gasteiger partial charge is 0.412 e. The highest BCUT2D eigenvalue weighted by Crippen LogP contribution is 2.36. The highest BCUT2D eigenvalue weighted by atomic mass is 16.7. The number of rotatable bonds is 9. The van der Waals surface area contributed by atoms with Gasteiger partial charge in [-0.1, -0.05) is 48.5 Å². The zero-order chi connectivity index (χ0) is 36.0. The average Bonchev–Trinajstić information content (AvgIpc) is 3.83. The van der Waals surface area contributed by atoms with E-state index in [9.17, 15) is 19.5 Å². The zero-order valence-corrected chi connectivity index (χ0v) is 27.5. The lowest BCUT2D eigenvalue weighted by Gasteiger charge is -2.43. The molecule has 4 aromatic carbocycles. The highest BCUT2D eigenvalue weighted by molar-refractivity contribution is 5.92. The number of hydrogen-bond acceptors (Lipinski definition) is 13. The van der Waals surface area contributed by atoms with Crippen molar-refractivity contribution in [1.82, 2.24) is 0 Å². The van der Waals surface area contributed by atoms with Gasteiger partial charge in [0.2, 0.25) is 13.6 Å². The molecule has 3 aliphatic rings. The molecule has 0 aliphatic carbocycles. The Hall–Kier alpha value is -6.23. The quantitative estimate of drug-likeness (QED) is 0.163. The Balaban J connectivity index is 1.14. The fourth-order valence-corrected chi connectivity index (χ4v) is 5.83. The molecule has 0 spiro atoms. The standard InChI is InChI=1S/C36H33N3O13/c1-44-33-32(52-35(42)38-22-12-14-26-28(16-22)48-19-46-26)31(51-34(41)37-21-11-13-25-27(15-21)47-18-45-25)30(29(17-40)49-33)50-36(43)39-24-10-6-5-9-23(24)20-7-3-2-4-8-20/h2-16,29-33,40H,17-19H2,1H3,(H,37,41)(H,38,42)(H,39,43)/t29-,30-,31+,32+,33+/m1/s1. The van der Waals surface area contributed by atoms with Crippen LogP contribution in [0.15, 0.2) is 91.0 Å². The number of ether oxygens (including phenoxy) is 9. The molecule has 16 nitrogen and oxygen atoms in total. The molecule has 3 aliphatic heterocycles. The van der Waals surface area contributed by atoms with Gasteiger partial charge in [0, 0.05) is 36.2 Å². The Morgan fingerprint density at radius 1 is 0.654 bits per heavy atom. The first-order valence-electron chi connectivity index (χ1n) is 16.0. The van der Waals surface area contributed by atoms with Gasteiger partial charge in [-0.15, -0.1) is 0 Å². The summed E-state index contributed by atoms with van der Waals surface area (Å²) in [6, 6.07) is 25.8. The van der Waals surface area contributed by atoms with Gasteiger partial charge < -0.3 is 47.7 Å². The van der Waals surface area contributed by atoms with E-state index in [0.717, 1.165) is 5.56 Å². The van der Waals surface area contributed by atoms with Crippen molar-refractivity contribution in [2.24, 2.45) is 0 Å². The minimum atomic E-state index is -1.58. The van der Waals surface area contributed by atoms with Crippen molar-refractivity contribution in [2.75, 3.05) is 43.3 Å². The first-order chi connectivity index (χ1) is 25.4. The van der Waals surface area contributed by atoms with Crippen LogP contribution in [0, 0.1) is 0 Å². The number of benzene rings is 4. The van der Waals surface area contributed by atoms with Crippen LogP contribution in [0.4, 0.5) is 31.4 Å². The largest absolute Gasteiger partial charge is 0.454 e. The molecule has 1 saturated heterocycles. The number of carbonyl (C=O) groups is 3. The molecule has 16 heteroatoms. The number of aliphatic hydroxyl groups excluding tert-OH is 1. The Kier molecular flexibility index (Phi) is 10.1. The Morgan fingerprint density at radius 2 is 1.19 bits per heavy atom. The second-order valence-corrected chi connectivity index (χ2v) is 11.5.